The van der Waals surface area contributed by atoms with Crippen LogP contribution in [0.4, 0.5) is 0 Å². The number of nitrogens with zero attached hydrogens (tertiary/aromatic N) is 2. The van der Waals surface area contributed by atoms with Crippen LogP contribution in [0.3, 0.4) is 0 Å². The summed E-state index contributed by atoms with van der Waals surface area (Å²) in [4.78, 5) is 0. The van der Waals surface area contributed by atoms with Crippen LogP contribution in [0.1, 0.15) is 44.0 Å². The first-order valence-electron chi connectivity index (χ1n) is 8.06. The molecule has 2 fully saturated rings. The molecule has 0 bridgehead atoms. The van der Waals surface area contributed by atoms with Crippen molar-refractivity contribution in [1.82, 2.24) is 15.1 Å². The van der Waals surface area contributed by atoms with E-state index in [2.05, 4.69) is 29.1 Å². The van der Waals surface area contributed by atoms with Crippen molar-refractivity contribution >= 4 is 11.6 Å². The molecule has 3 rings (SSSR count). The van der Waals surface area contributed by atoms with Gasteiger partial charge in [-0.3, -0.25) is 4.68 Å². The highest BCUT2D eigenvalue weighted by atomic mass is 35.5. The average Bonchev–Trinajstić information content (AvgIpc) is 3.13. The van der Waals surface area contributed by atoms with E-state index in [-0.39, 0.29) is 0 Å². The fourth-order valence-electron chi connectivity index (χ4n) is 4.35. The van der Waals surface area contributed by atoms with Crippen LogP contribution in [0.5, 0.6) is 0 Å². The lowest BCUT2D eigenvalue weighted by Gasteiger charge is -2.17. The van der Waals surface area contributed by atoms with Gasteiger partial charge in [-0.15, -0.1) is 0 Å². The molecule has 4 heteroatoms. The molecule has 112 valence electrons. The molecule has 3 unspecified atom stereocenters. The Labute approximate surface area is 127 Å². The summed E-state index contributed by atoms with van der Waals surface area (Å²) in [6, 6.07) is 0.557. The smallest absolute Gasteiger partial charge is 0.0847 e. The topological polar surface area (TPSA) is 29.9 Å². The number of nitrogens with one attached hydrogen (secondary N) is 1. The van der Waals surface area contributed by atoms with Crippen molar-refractivity contribution in [3.63, 3.8) is 0 Å². The summed E-state index contributed by atoms with van der Waals surface area (Å²) in [6.45, 7) is 5.04. The van der Waals surface area contributed by atoms with E-state index >= 15 is 0 Å². The highest BCUT2D eigenvalue weighted by molar-refractivity contribution is 6.31. The number of aromatic nitrogens is 2. The van der Waals surface area contributed by atoms with Gasteiger partial charge in [-0.1, -0.05) is 24.4 Å². The van der Waals surface area contributed by atoms with Crippen molar-refractivity contribution < 1.29 is 0 Å². The molecule has 1 aromatic heterocycles. The highest BCUT2D eigenvalue weighted by Crippen LogP contribution is 2.57. The van der Waals surface area contributed by atoms with E-state index in [0.717, 1.165) is 41.4 Å². The minimum Gasteiger partial charge on any atom is -0.316 e. The van der Waals surface area contributed by atoms with E-state index < -0.39 is 0 Å². The van der Waals surface area contributed by atoms with Gasteiger partial charge in [-0.25, -0.2) is 0 Å². The molecule has 1 N–H and O–H groups in total. The molecule has 3 nitrogen and oxygen atoms in total. The maximum absolute atomic E-state index is 6.46. The number of rotatable bonds is 5. The molecular formula is C16H26ClN3. The lowest BCUT2D eigenvalue weighted by atomic mass is 10.0. The van der Waals surface area contributed by atoms with Crippen molar-refractivity contribution in [3.8, 4) is 0 Å². The summed E-state index contributed by atoms with van der Waals surface area (Å²) in [5, 5.41) is 8.97. The SMILES string of the molecule is CCn1nc(C)c(Cl)c1CC(NC)C1C2CCCCC21. The molecule has 2 saturated carbocycles. The summed E-state index contributed by atoms with van der Waals surface area (Å²) in [5.74, 6) is 2.80. The van der Waals surface area contributed by atoms with E-state index in [9.17, 15) is 0 Å². The van der Waals surface area contributed by atoms with Gasteiger partial charge in [0.2, 0.25) is 0 Å². The van der Waals surface area contributed by atoms with Crippen molar-refractivity contribution in [1.29, 1.82) is 0 Å². The molecule has 20 heavy (non-hydrogen) atoms. The van der Waals surface area contributed by atoms with Gasteiger partial charge in [-0.2, -0.15) is 5.10 Å². The number of likely N-dealkylation sites (N-methyl/N-ethyl adjacent to an activating group) is 1. The Balaban J connectivity index is 1.75. The monoisotopic (exact) mass is 295 g/mol. The van der Waals surface area contributed by atoms with Gasteiger partial charge in [0.05, 0.1) is 16.4 Å². The molecule has 1 aromatic rings. The predicted molar refractivity (Wildman–Crippen MR) is 83.1 cm³/mol. The van der Waals surface area contributed by atoms with E-state index in [1.54, 1.807) is 0 Å². The molecular weight excluding hydrogens is 270 g/mol. The van der Waals surface area contributed by atoms with Crippen molar-refractivity contribution in [2.45, 2.75) is 58.5 Å². The molecule has 2 aliphatic rings. The third kappa shape index (κ3) is 2.39. The van der Waals surface area contributed by atoms with Gasteiger partial charge in [0.25, 0.3) is 0 Å². The number of halogens is 1. The van der Waals surface area contributed by atoms with E-state index in [1.807, 2.05) is 6.92 Å². The Kier molecular flexibility index (Phi) is 4.09. The van der Waals surface area contributed by atoms with Crippen LogP contribution in [0, 0.1) is 24.7 Å². The lowest BCUT2D eigenvalue weighted by molar-refractivity contribution is 0.444. The second kappa shape index (κ2) is 5.69. The van der Waals surface area contributed by atoms with Gasteiger partial charge in [0, 0.05) is 19.0 Å². The Morgan fingerprint density at radius 1 is 1.35 bits per heavy atom. The quantitative estimate of drug-likeness (QED) is 0.902. The third-order valence-electron chi connectivity index (χ3n) is 5.42. The minimum atomic E-state index is 0.557. The summed E-state index contributed by atoms with van der Waals surface area (Å²) < 4.78 is 2.08. The molecule has 0 radical (unpaired) electrons. The summed E-state index contributed by atoms with van der Waals surface area (Å²) in [5.41, 5.74) is 2.18. The average molecular weight is 296 g/mol. The number of fused-ring (bicyclic) bond motifs is 1. The van der Waals surface area contributed by atoms with Crippen molar-refractivity contribution in [2.24, 2.45) is 17.8 Å². The van der Waals surface area contributed by atoms with Gasteiger partial charge < -0.3 is 5.32 Å². The second-order valence-electron chi connectivity index (χ2n) is 6.45. The van der Waals surface area contributed by atoms with E-state index in [4.69, 9.17) is 11.6 Å². The van der Waals surface area contributed by atoms with Crippen LogP contribution in [-0.2, 0) is 13.0 Å². The zero-order valence-electron chi connectivity index (χ0n) is 12.8. The molecule has 0 saturated heterocycles. The first kappa shape index (κ1) is 14.4. The highest BCUT2D eigenvalue weighted by Gasteiger charge is 2.53. The molecule has 0 aliphatic heterocycles. The van der Waals surface area contributed by atoms with Gasteiger partial charge in [0.1, 0.15) is 0 Å². The summed E-state index contributed by atoms with van der Waals surface area (Å²) in [7, 11) is 2.10. The molecule has 1 heterocycles. The van der Waals surface area contributed by atoms with Gasteiger partial charge >= 0.3 is 0 Å². The molecule has 2 aliphatic carbocycles. The first-order valence-corrected chi connectivity index (χ1v) is 8.44. The van der Waals surface area contributed by atoms with E-state index in [0.29, 0.717) is 6.04 Å². The number of hydrogen-bond donors (Lipinski definition) is 1. The fourth-order valence-corrected chi connectivity index (χ4v) is 4.56. The zero-order valence-corrected chi connectivity index (χ0v) is 13.6. The predicted octanol–water partition coefficient (Wildman–Crippen LogP) is 3.43. The Hall–Kier alpha value is -0.540. The summed E-state index contributed by atoms with van der Waals surface area (Å²) in [6.07, 6.45) is 6.75. The standard InChI is InChI=1S/C16H26ClN3/c1-4-20-14(16(17)10(2)19-20)9-13(18-3)15-11-7-5-6-8-12(11)15/h11-13,15,18H,4-9H2,1-3H3. The van der Waals surface area contributed by atoms with Gasteiger partial charge in [0.15, 0.2) is 0 Å². The van der Waals surface area contributed by atoms with Crippen LogP contribution < -0.4 is 5.32 Å². The maximum atomic E-state index is 6.46. The van der Waals surface area contributed by atoms with Crippen LogP contribution in [0.2, 0.25) is 5.02 Å². The van der Waals surface area contributed by atoms with Crippen LogP contribution >= 0.6 is 11.6 Å². The Bertz CT molecular complexity index is 470. The van der Waals surface area contributed by atoms with E-state index in [1.165, 1.54) is 31.4 Å². The van der Waals surface area contributed by atoms with Crippen LogP contribution in [0.15, 0.2) is 0 Å². The summed E-state index contributed by atoms with van der Waals surface area (Å²) >= 11 is 6.46. The fraction of sp³-hybridized carbons (Fsp3) is 0.812. The Morgan fingerprint density at radius 3 is 2.55 bits per heavy atom. The first-order chi connectivity index (χ1) is 9.67. The van der Waals surface area contributed by atoms with Crippen LogP contribution in [-0.4, -0.2) is 22.9 Å². The number of aryl methyl sites for hydroxylation is 2. The molecule has 0 spiro atoms. The second-order valence-corrected chi connectivity index (χ2v) is 6.83. The zero-order chi connectivity index (χ0) is 14.3. The largest absolute Gasteiger partial charge is 0.316 e. The third-order valence-corrected chi connectivity index (χ3v) is 5.92. The van der Waals surface area contributed by atoms with Crippen molar-refractivity contribution in [3.05, 3.63) is 16.4 Å². The normalized spacial score (nSPS) is 30.1. The number of hydrogen-bond acceptors (Lipinski definition) is 2. The van der Waals surface area contributed by atoms with Crippen LogP contribution in [0.25, 0.3) is 0 Å². The molecule has 3 atom stereocenters. The Morgan fingerprint density at radius 2 is 2.00 bits per heavy atom. The lowest BCUT2D eigenvalue weighted by Crippen LogP contribution is -2.32. The van der Waals surface area contributed by atoms with Crippen molar-refractivity contribution in [2.75, 3.05) is 7.05 Å². The maximum Gasteiger partial charge on any atom is 0.0847 e. The van der Waals surface area contributed by atoms with Gasteiger partial charge in [-0.05, 0) is 51.5 Å². The minimum absolute atomic E-state index is 0.557. The molecule has 0 amide bonds. The molecule has 0 aromatic carbocycles.